The lowest BCUT2D eigenvalue weighted by molar-refractivity contribution is 0.414. The van der Waals surface area contributed by atoms with Crippen LogP contribution in [0.2, 0.25) is 0 Å². The van der Waals surface area contributed by atoms with Crippen LogP contribution in [0, 0.1) is 11.6 Å². The average molecular weight is 278 g/mol. The highest BCUT2D eigenvalue weighted by atomic mass is 19.2. The molecule has 3 N–H and O–H groups in total. The van der Waals surface area contributed by atoms with Gasteiger partial charge in [0.1, 0.15) is 5.75 Å². The maximum Gasteiger partial charge on any atom is 0.159 e. The fourth-order valence-electron chi connectivity index (χ4n) is 2.00. The first-order valence-electron chi connectivity index (χ1n) is 6.18. The van der Waals surface area contributed by atoms with Gasteiger partial charge >= 0.3 is 0 Å². The van der Waals surface area contributed by atoms with Gasteiger partial charge in [0.25, 0.3) is 0 Å². The normalized spacial score (nSPS) is 12.2. The molecule has 0 aliphatic heterocycles. The third kappa shape index (κ3) is 3.31. The highest BCUT2D eigenvalue weighted by Crippen LogP contribution is 2.21. The molecule has 0 saturated heterocycles. The maximum absolute atomic E-state index is 13.3. The number of benzene rings is 2. The minimum Gasteiger partial charge on any atom is -0.497 e. The Labute approximate surface area is 116 Å². The largest absolute Gasteiger partial charge is 0.497 e. The molecule has 0 amide bonds. The minimum absolute atomic E-state index is 0.293. The smallest absolute Gasteiger partial charge is 0.159 e. The molecule has 0 aliphatic rings. The van der Waals surface area contributed by atoms with Crippen molar-refractivity contribution in [2.24, 2.45) is 5.84 Å². The van der Waals surface area contributed by atoms with E-state index in [1.54, 1.807) is 7.11 Å². The van der Waals surface area contributed by atoms with Crippen molar-refractivity contribution in [2.45, 2.75) is 12.5 Å². The summed E-state index contributed by atoms with van der Waals surface area (Å²) in [5, 5.41) is 0. The molecule has 0 radical (unpaired) electrons. The summed E-state index contributed by atoms with van der Waals surface area (Å²) >= 11 is 0. The molecule has 0 saturated carbocycles. The number of hydrogen-bond donors (Lipinski definition) is 2. The van der Waals surface area contributed by atoms with Gasteiger partial charge in [-0.1, -0.05) is 18.2 Å². The van der Waals surface area contributed by atoms with Gasteiger partial charge in [-0.05, 0) is 41.8 Å². The standard InChI is InChI=1S/C15H16F2N2O/c1-20-12-5-2-10(3-6-12)8-15(19-18)11-4-7-13(16)14(17)9-11/h2-7,9,15,19H,8,18H2,1H3. The van der Waals surface area contributed by atoms with Crippen LogP contribution in [0.3, 0.4) is 0 Å². The first-order chi connectivity index (χ1) is 9.63. The zero-order valence-corrected chi connectivity index (χ0v) is 11.1. The van der Waals surface area contributed by atoms with Gasteiger partial charge in [-0.25, -0.2) is 8.78 Å². The fraction of sp³-hybridized carbons (Fsp3) is 0.200. The molecule has 0 aromatic heterocycles. The SMILES string of the molecule is COc1ccc(CC(NN)c2ccc(F)c(F)c2)cc1. The van der Waals surface area contributed by atoms with E-state index in [0.717, 1.165) is 23.4 Å². The van der Waals surface area contributed by atoms with E-state index < -0.39 is 11.6 Å². The van der Waals surface area contributed by atoms with Crippen LogP contribution >= 0.6 is 0 Å². The van der Waals surface area contributed by atoms with Gasteiger partial charge in [0.15, 0.2) is 11.6 Å². The number of hydrogen-bond acceptors (Lipinski definition) is 3. The van der Waals surface area contributed by atoms with Crippen molar-refractivity contribution < 1.29 is 13.5 Å². The summed E-state index contributed by atoms with van der Waals surface area (Å²) in [7, 11) is 1.60. The molecule has 5 heteroatoms. The van der Waals surface area contributed by atoms with Gasteiger partial charge in [0, 0.05) is 0 Å². The Morgan fingerprint density at radius 3 is 2.35 bits per heavy atom. The van der Waals surface area contributed by atoms with E-state index in [1.807, 2.05) is 24.3 Å². The average Bonchev–Trinajstić information content (AvgIpc) is 2.48. The molecule has 1 atom stereocenters. The molecule has 3 nitrogen and oxygen atoms in total. The molecule has 106 valence electrons. The molecule has 2 rings (SSSR count). The van der Waals surface area contributed by atoms with E-state index in [1.165, 1.54) is 6.07 Å². The lowest BCUT2D eigenvalue weighted by atomic mass is 9.99. The van der Waals surface area contributed by atoms with Crippen LogP contribution < -0.4 is 16.0 Å². The van der Waals surface area contributed by atoms with E-state index in [0.29, 0.717) is 12.0 Å². The van der Waals surface area contributed by atoms with Gasteiger partial charge in [-0.3, -0.25) is 11.3 Å². The van der Waals surface area contributed by atoms with Crippen molar-refractivity contribution in [1.82, 2.24) is 5.43 Å². The summed E-state index contributed by atoms with van der Waals surface area (Å²) in [6.45, 7) is 0. The molecule has 0 heterocycles. The lowest BCUT2D eigenvalue weighted by Gasteiger charge is -2.17. The van der Waals surface area contributed by atoms with Crippen LogP contribution in [-0.4, -0.2) is 7.11 Å². The second-order valence-electron chi connectivity index (χ2n) is 4.44. The number of nitrogens with two attached hydrogens (primary N) is 1. The second-order valence-corrected chi connectivity index (χ2v) is 4.44. The third-order valence-corrected chi connectivity index (χ3v) is 3.15. The van der Waals surface area contributed by atoms with E-state index in [9.17, 15) is 8.78 Å². The summed E-state index contributed by atoms with van der Waals surface area (Å²) in [4.78, 5) is 0. The van der Waals surface area contributed by atoms with Crippen LogP contribution in [0.4, 0.5) is 8.78 Å². The van der Waals surface area contributed by atoms with Gasteiger partial charge in [-0.2, -0.15) is 0 Å². The zero-order chi connectivity index (χ0) is 14.5. The van der Waals surface area contributed by atoms with Crippen LogP contribution in [0.25, 0.3) is 0 Å². The molecule has 1 unspecified atom stereocenters. The van der Waals surface area contributed by atoms with Crippen molar-refractivity contribution in [3.8, 4) is 5.75 Å². The molecule has 0 bridgehead atoms. The molecular formula is C15H16F2N2O. The Bertz CT molecular complexity index is 573. The number of hydrazine groups is 1. The summed E-state index contributed by atoms with van der Waals surface area (Å²) in [5.41, 5.74) is 4.23. The predicted octanol–water partition coefficient (Wildman–Crippen LogP) is 2.72. The van der Waals surface area contributed by atoms with E-state index >= 15 is 0 Å². The Morgan fingerprint density at radius 1 is 1.10 bits per heavy atom. The first-order valence-corrected chi connectivity index (χ1v) is 6.18. The van der Waals surface area contributed by atoms with Gasteiger partial charge in [0.05, 0.1) is 13.2 Å². The third-order valence-electron chi connectivity index (χ3n) is 3.15. The molecule has 2 aromatic carbocycles. The second kappa shape index (κ2) is 6.45. The molecule has 2 aromatic rings. The van der Waals surface area contributed by atoms with Crippen LogP contribution in [0.5, 0.6) is 5.75 Å². The number of halogens is 2. The van der Waals surface area contributed by atoms with Crippen molar-refractivity contribution in [3.05, 3.63) is 65.2 Å². The Hall–Kier alpha value is -1.98. The quantitative estimate of drug-likeness (QED) is 0.653. The Morgan fingerprint density at radius 2 is 1.80 bits per heavy atom. The molecule has 0 spiro atoms. The number of nitrogens with one attached hydrogen (secondary N) is 1. The first kappa shape index (κ1) is 14.4. The number of methoxy groups -OCH3 is 1. The highest BCUT2D eigenvalue weighted by molar-refractivity contribution is 5.29. The predicted molar refractivity (Wildman–Crippen MR) is 73.1 cm³/mol. The highest BCUT2D eigenvalue weighted by Gasteiger charge is 2.13. The van der Waals surface area contributed by atoms with Crippen molar-refractivity contribution in [2.75, 3.05) is 7.11 Å². The maximum atomic E-state index is 13.3. The van der Waals surface area contributed by atoms with E-state index in [-0.39, 0.29) is 6.04 Å². The Balaban J connectivity index is 2.16. The van der Waals surface area contributed by atoms with Gasteiger partial charge < -0.3 is 4.74 Å². The van der Waals surface area contributed by atoms with Crippen molar-refractivity contribution in [3.63, 3.8) is 0 Å². The molecular weight excluding hydrogens is 262 g/mol. The van der Waals surface area contributed by atoms with E-state index in [4.69, 9.17) is 10.6 Å². The van der Waals surface area contributed by atoms with Crippen LogP contribution in [-0.2, 0) is 6.42 Å². The van der Waals surface area contributed by atoms with Crippen LogP contribution in [0.15, 0.2) is 42.5 Å². The molecule has 20 heavy (non-hydrogen) atoms. The van der Waals surface area contributed by atoms with E-state index in [2.05, 4.69) is 5.43 Å². The van der Waals surface area contributed by atoms with Crippen LogP contribution in [0.1, 0.15) is 17.2 Å². The van der Waals surface area contributed by atoms with Gasteiger partial charge in [0.2, 0.25) is 0 Å². The summed E-state index contributed by atoms with van der Waals surface area (Å²) in [6.07, 6.45) is 0.561. The van der Waals surface area contributed by atoms with Crippen molar-refractivity contribution >= 4 is 0 Å². The summed E-state index contributed by atoms with van der Waals surface area (Å²) in [6, 6.07) is 11.0. The minimum atomic E-state index is -0.877. The summed E-state index contributed by atoms with van der Waals surface area (Å²) < 4.78 is 31.3. The summed E-state index contributed by atoms with van der Waals surface area (Å²) in [5.74, 6) is 4.52. The molecule has 0 fully saturated rings. The monoisotopic (exact) mass is 278 g/mol. The lowest BCUT2D eigenvalue weighted by Crippen LogP contribution is -2.29. The van der Waals surface area contributed by atoms with Gasteiger partial charge in [-0.15, -0.1) is 0 Å². The fourth-order valence-corrected chi connectivity index (χ4v) is 2.00. The van der Waals surface area contributed by atoms with Crippen molar-refractivity contribution in [1.29, 1.82) is 0 Å². The number of rotatable bonds is 5. The topological polar surface area (TPSA) is 47.3 Å². The number of ether oxygens (including phenoxy) is 1. The zero-order valence-electron chi connectivity index (χ0n) is 11.1. The Kier molecular flexibility index (Phi) is 4.65. The molecule has 0 aliphatic carbocycles.